The molecule has 1 heterocycles. The smallest absolute Gasteiger partial charge is 0.382 e. The molecule has 2 atom stereocenters. The van der Waals surface area contributed by atoms with Gasteiger partial charge >= 0.3 is 6.18 Å². The number of hydrazine groups is 1. The molecule has 2 aliphatic rings. The van der Waals surface area contributed by atoms with Crippen LogP contribution in [0, 0.1) is 17.6 Å². The molecule has 1 saturated carbocycles. The van der Waals surface area contributed by atoms with Gasteiger partial charge in [-0.15, -0.1) is 0 Å². The van der Waals surface area contributed by atoms with Crippen molar-refractivity contribution in [3.63, 3.8) is 0 Å². The number of anilines is 1. The van der Waals surface area contributed by atoms with Crippen LogP contribution in [0.5, 0.6) is 0 Å². The third-order valence-corrected chi connectivity index (χ3v) is 7.66. The lowest BCUT2D eigenvalue weighted by atomic mass is 9.78. The molecule has 2 aromatic rings. The first-order valence-corrected chi connectivity index (χ1v) is 13.8. The molecule has 1 unspecified atom stereocenters. The monoisotopic (exact) mass is 581 g/mol. The number of carbonyl (C=O) groups excluding carboxylic acids is 1. The second-order valence-corrected chi connectivity index (χ2v) is 10.7. The van der Waals surface area contributed by atoms with Crippen LogP contribution in [0.25, 0.3) is 0 Å². The fourth-order valence-electron chi connectivity index (χ4n) is 5.70. The number of aliphatic imine (C=N–C) groups is 1. The van der Waals surface area contributed by atoms with Crippen molar-refractivity contribution in [3.8, 4) is 0 Å². The lowest BCUT2D eigenvalue weighted by Crippen LogP contribution is -2.63. The number of amides is 1. The predicted molar refractivity (Wildman–Crippen MR) is 146 cm³/mol. The fourth-order valence-corrected chi connectivity index (χ4v) is 5.70. The van der Waals surface area contributed by atoms with Crippen LogP contribution in [0.1, 0.15) is 73.4 Å². The summed E-state index contributed by atoms with van der Waals surface area (Å²) in [7, 11) is 3.16. The number of alkyl halides is 3. The molecular weight excluding hydrogens is 545 g/mol. The number of nitrogens with one attached hydrogen (secondary N) is 3. The molecule has 0 radical (unpaired) electrons. The first-order chi connectivity index (χ1) is 19.4. The summed E-state index contributed by atoms with van der Waals surface area (Å²) < 4.78 is 73.5. The summed E-state index contributed by atoms with van der Waals surface area (Å²) >= 11 is 0. The van der Waals surface area contributed by atoms with Crippen LogP contribution in [-0.2, 0) is 16.6 Å². The first-order valence-electron chi connectivity index (χ1n) is 13.8. The minimum absolute atomic E-state index is 0.0278. The van der Waals surface area contributed by atoms with E-state index >= 15 is 0 Å². The Balaban J connectivity index is 1.78. The number of carbonyl (C=O) groups is 1. The van der Waals surface area contributed by atoms with Crippen molar-refractivity contribution in [2.24, 2.45) is 10.9 Å². The molecule has 3 N–H and O–H groups in total. The van der Waals surface area contributed by atoms with E-state index in [4.69, 9.17) is 4.74 Å². The maximum atomic E-state index is 13.9. The Bertz CT molecular complexity index is 1260. The Hall–Kier alpha value is -3.25. The number of fused-ring (bicyclic) bond motifs is 1. The molecular formula is C29H36F5N5O2. The quantitative estimate of drug-likeness (QED) is 0.226. The number of benzene rings is 2. The lowest BCUT2D eigenvalue weighted by molar-refractivity contribution is -0.137. The first kappa shape index (κ1) is 30.7. The molecule has 1 amide bonds. The lowest BCUT2D eigenvalue weighted by Gasteiger charge is -2.41. The summed E-state index contributed by atoms with van der Waals surface area (Å²) in [6.45, 7) is 2.00. The molecule has 12 heteroatoms. The van der Waals surface area contributed by atoms with E-state index in [2.05, 4.69) is 21.1 Å². The van der Waals surface area contributed by atoms with Crippen LogP contribution in [-0.4, -0.2) is 38.7 Å². The number of methoxy groups -OCH3 is 1. The SMILES string of the molecule is COC[C@H](C)N=C(NC(=O)c1ccc(F)c(F)c1)NC1(C2CCCCCCC2)NN(C)c2cc(C(F)(F)F)ccc21. The van der Waals surface area contributed by atoms with Crippen LogP contribution in [0.3, 0.4) is 0 Å². The molecule has 0 saturated heterocycles. The van der Waals surface area contributed by atoms with Gasteiger partial charge in [-0.2, -0.15) is 13.2 Å². The van der Waals surface area contributed by atoms with E-state index in [1.54, 1.807) is 19.0 Å². The number of rotatable bonds is 6. The molecule has 41 heavy (non-hydrogen) atoms. The summed E-state index contributed by atoms with van der Waals surface area (Å²) in [5, 5.41) is 7.61. The topological polar surface area (TPSA) is 78.0 Å². The number of halogens is 5. The van der Waals surface area contributed by atoms with Crippen LogP contribution >= 0.6 is 0 Å². The number of ether oxygens (including phenoxy) is 1. The van der Waals surface area contributed by atoms with Crippen LogP contribution in [0.2, 0.25) is 0 Å². The van der Waals surface area contributed by atoms with Gasteiger partial charge in [0.2, 0.25) is 0 Å². The number of hydrogen-bond donors (Lipinski definition) is 3. The zero-order valence-electron chi connectivity index (χ0n) is 23.4. The Morgan fingerprint density at radius 2 is 1.78 bits per heavy atom. The maximum Gasteiger partial charge on any atom is 0.416 e. The molecule has 1 aliphatic heterocycles. The highest BCUT2D eigenvalue weighted by molar-refractivity contribution is 6.06. The van der Waals surface area contributed by atoms with Gasteiger partial charge in [0.05, 0.1) is 23.9 Å². The van der Waals surface area contributed by atoms with Gasteiger partial charge in [-0.05, 0) is 50.1 Å². The van der Waals surface area contributed by atoms with Gasteiger partial charge in [0, 0.05) is 31.2 Å². The fraction of sp³-hybridized carbons (Fsp3) is 0.517. The Kier molecular flexibility index (Phi) is 9.53. The van der Waals surface area contributed by atoms with Crippen molar-refractivity contribution in [2.45, 2.75) is 69.8 Å². The molecule has 7 nitrogen and oxygen atoms in total. The van der Waals surface area contributed by atoms with Crippen LogP contribution in [0.4, 0.5) is 27.6 Å². The third-order valence-electron chi connectivity index (χ3n) is 7.66. The van der Waals surface area contributed by atoms with E-state index in [0.717, 1.165) is 75.3 Å². The Labute approximate surface area is 236 Å². The van der Waals surface area contributed by atoms with Crippen molar-refractivity contribution in [3.05, 3.63) is 64.7 Å². The molecule has 4 rings (SSSR count). The largest absolute Gasteiger partial charge is 0.416 e. The summed E-state index contributed by atoms with van der Waals surface area (Å²) in [5.74, 6) is -3.03. The van der Waals surface area contributed by atoms with E-state index in [0.29, 0.717) is 11.3 Å². The highest BCUT2D eigenvalue weighted by atomic mass is 19.4. The van der Waals surface area contributed by atoms with Crippen molar-refractivity contribution in [2.75, 3.05) is 25.8 Å². The number of nitrogens with zero attached hydrogens (tertiary/aromatic N) is 2. The zero-order valence-corrected chi connectivity index (χ0v) is 23.4. The molecule has 224 valence electrons. The van der Waals surface area contributed by atoms with E-state index in [1.807, 2.05) is 0 Å². The molecule has 1 fully saturated rings. The van der Waals surface area contributed by atoms with E-state index < -0.39 is 41.0 Å². The minimum Gasteiger partial charge on any atom is -0.382 e. The Morgan fingerprint density at radius 3 is 2.41 bits per heavy atom. The van der Waals surface area contributed by atoms with Gasteiger partial charge < -0.3 is 15.1 Å². The standard InChI is InChI=1S/C29H36F5N5O2/c1-18(17-41-3)35-27(36-26(40)19-11-14-23(30)24(31)15-19)37-28(20-9-7-5-4-6-8-10-20)22-13-12-21(29(32,33)34)16-25(22)39(2)38-28/h11-16,18,20,38H,4-10,17H2,1-3H3,(H2,35,36,37,40)/t18-,28?/m0/s1. The van der Waals surface area contributed by atoms with E-state index in [-0.39, 0.29) is 24.0 Å². The molecule has 2 aromatic carbocycles. The summed E-state index contributed by atoms with van der Waals surface area (Å²) in [4.78, 5) is 17.8. The van der Waals surface area contributed by atoms with Gasteiger partial charge in [-0.25, -0.2) is 19.2 Å². The normalized spacial score (nSPS) is 21.2. The van der Waals surface area contributed by atoms with Gasteiger partial charge in [0.15, 0.2) is 17.6 Å². The number of hydrogen-bond acceptors (Lipinski definition) is 5. The van der Waals surface area contributed by atoms with Crippen molar-refractivity contribution >= 4 is 17.6 Å². The molecule has 0 bridgehead atoms. The van der Waals surface area contributed by atoms with Crippen molar-refractivity contribution in [1.82, 2.24) is 16.1 Å². The van der Waals surface area contributed by atoms with Gasteiger partial charge in [0.25, 0.3) is 5.91 Å². The summed E-state index contributed by atoms with van der Waals surface area (Å²) in [6, 6.07) is 6.02. The van der Waals surface area contributed by atoms with Crippen molar-refractivity contribution < 1.29 is 31.5 Å². The van der Waals surface area contributed by atoms with Crippen molar-refractivity contribution in [1.29, 1.82) is 0 Å². The summed E-state index contributed by atoms with van der Waals surface area (Å²) in [6.07, 6.45) is 2.12. The molecule has 1 aliphatic carbocycles. The average Bonchev–Trinajstić information content (AvgIpc) is 3.16. The van der Waals surface area contributed by atoms with Gasteiger partial charge in [0.1, 0.15) is 5.66 Å². The average molecular weight is 582 g/mol. The maximum absolute atomic E-state index is 13.9. The summed E-state index contributed by atoms with van der Waals surface area (Å²) in [5.41, 5.74) is 2.32. The molecule has 0 spiro atoms. The zero-order chi connectivity index (χ0) is 29.8. The van der Waals surface area contributed by atoms with Crippen LogP contribution < -0.4 is 21.1 Å². The third kappa shape index (κ3) is 6.98. The predicted octanol–water partition coefficient (Wildman–Crippen LogP) is 5.86. The molecule has 0 aromatic heterocycles. The Morgan fingerprint density at radius 1 is 1.10 bits per heavy atom. The van der Waals surface area contributed by atoms with Gasteiger partial charge in [-0.1, -0.05) is 38.2 Å². The highest BCUT2D eigenvalue weighted by Gasteiger charge is 2.49. The number of guanidine groups is 1. The highest BCUT2D eigenvalue weighted by Crippen LogP contribution is 2.46. The second-order valence-electron chi connectivity index (χ2n) is 10.7. The van der Waals surface area contributed by atoms with Crippen LogP contribution in [0.15, 0.2) is 41.4 Å². The van der Waals surface area contributed by atoms with E-state index in [1.165, 1.54) is 13.2 Å². The van der Waals surface area contributed by atoms with Gasteiger partial charge in [-0.3, -0.25) is 10.1 Å². The minimum atomic E-state index is -4.52. The second kappa shape index (κ2) is 12.7. The van der Waals surface area contributed by atoms with E-state index in [9.17, 15) is 26.7 Å².